The van der Waals surface area contributed by atoms with E-state index in [1.807, 2.05) is 17.9 Å². The van der Waals surface area contributed by atoms with E-state index in [2.05, 4.69) is 16.2 Å². The van der Waals surface area contributed by atoms with Gasteiger partial charge in [-0.25, -0.2) is 4.79 Å². The molecule has 142 valence electrons. The van der Waals surface area contributed by atoms with Gasteiger partial charge in [-0.3, -0.25) is 9.58 Å². The van der Waals surface area contributed by atoms with Crippen molar-refractivity contribution in [1.82, 2.24) is 14.7 Å². The Labute approximate surface area is 143 Å². The number of rotatable bonds is 3. The highest BCUT2D eigenvalue weighted by atomic mass is 19.4. The van der Waals surface area contributed by atoms with Crippen LogP contribution in [0.3, 0.4) is 0 Å². The van der Waals surface area contributed by atoms with Gasteiger partial charge in [0.1, 0.15) is 0 Å². The highest BCUT2D eigenvalue weighted by Crippen LogP contribution is 2.34. The number of nitrogens with zero attached hydrogens (tertiary/aromatic N) is 3. The summed E-state index contributed by atoms with van der Waals surface area (Å²) in [6.45, 7) is 2.95. The Bertz CT molecular complexity index is 579. The van der Waals surface area contributed by atoms with Crippen LogP contribution in [0, 0.1) is 5.92 Å². The van der Waals surface area contributed by atoms with E-state index in [9.17, 15) is 18.3 Å². The van der Waals surface area contributed by atoms with Crippen molar-refractivity contribution in [3.8, 4) is 0 Å². The zero-order valence-electron chi connectivity index (χ0n) is 13.8. The minimum absolute atomic E-state index is 0.223. The Morgan fingerprint density at radius 1 is 1.44 bits per heavy atom. The van der Waals surface area contributed by atoms with Crippen LogP contribution in [0.25, 0.3) is 0 Å². The summed E-state index contributed by atoms with van der Waals surface area (Å²) >= 11 is 0. The van der Waals surface area contributed by atoms with Gasteiger partial charge in [-0.15, -0.1) is 0 Å². The molecule has 0 radical (unpaired) electrons. The molecule has 2 heterocycles. The van der Waals surface area contributed by atoms with Crippen molar-refractivity contribution in [2.75, 3.05) is 19.8 Å². The Morgan fingerprint density at radius 2 is 2.12 bits per heavy atom. The molecule has 10 heteroatoms. The number of morpholine rings is 1. The van der Waals surface area contributed by atoms with Crippen molar-refractivity contribution in [2.45, 2.75) is 37.7 Å². The molecule has 0 amide bonds. The normalized spacial score (nSPS) is 26.7. The number of aromatic nitrogens is 2. The fourth-order valence-electron chi connectivity index (χ4n) is 3.32. The maximum Gasteiger partial charge on any atom is 0.490 e. The van der Waals surface area contributed by atoms with Gasteiger partial charge in [-0.2, -0.15) is 18.3 Å². The summed E-state index contributed by atoms with van der Waals surface area (Å²) in [5, 5.41) is 20.7. The predicted octanol–water partition coefficient (Wildman–Crippen LogP) is 1.03. The summed E-state index contributed by atoms with van der Waals surface area (Å²) in [6.07, 6.45) is 1.36. The first-order chi connectivity index (χ1) is 11.7. The van der Waals surface area contributed by atoms with Crippen LogP contribution in [0.15, 0.2) is 12.4 Å². The van der Waals surface area contributed by atoms with E-state index in [0.29, 0.717) is 12.0 Å². The minimum Gasteiger partial charge on any atom is -0.475 e. The summed E-state index contributed by atoms with van der Waals surface area (Å²) in [7, 11) is 1.95. The molecule has 1 saturated carbocycles. The van der Waals surface area contributed by atoms with Gasteiger partial charge in [0.05, 0.1) is 18.9 Å². The quantitative estimate of drug-likeness (QED) is 0.832. The average Bonchev–Trinajstić information content (AvgIpc) is 3.13. The first kappa shape index (κ1) is 19.7. The molecule has 1 aromatic rings. The molecule has 2 fully saturated rings. The molecule has 1 aromatic heterocycles. The lowest BCUT2D eigenvalue weighted by atomic mass is 10.0. The number of fused-ring (bicyclic) bond motifs is 1. The summed E-state index contributed by atoms with van der Waals surface area (Å²) in [5.41, 5.74) is 1.26. The van der Waals surface area contributed by atoms with E-state index in [1.54, 1.807) is 0 Å². The average molecular weight is 365 g/mol. The molecule has 1 saturated heterocycles. The van der Waals surface area contributed by atoms with Crippen molar-refractivity contribution in [3.05, 3.63) is 18.0 Å². The van der Waals surface area contributed by atoms with Gasteiger partial charge in [0, 0.05) is 50.5 Å². The molecule has 2 aliphatic rings. The number of aryl methyl sites for hydroxylation is 1. The number of carbonyl (C=O) groups is 1. The molecule has 7 nitrogen and oxygen atoms in total. The standard InChI is InChI=1S/C13H21N3O2.C2HF3O2/c1-15-7-10(6-14-15)8-16-4-5-18-13-11(9-17)2-3-12(13)16;3-2(4,5)1(6)7/h6-7,11-13,17H,2-5,8-9H2,1H3;(H,6,7). The topological polar surface area (TPSA) is 87.8 Å². The number of aliphatic hydroxyl groups is 1. The van der Waals surface area contributed by atoms with Crippen LogP contribution in [-0.2, 0) is 23.1 Å². The summed E-state index contributed by atoms with van der Waals surface area (Å²) < 4.78 is 39.4. The number of ether oxygens (including phenoxy) is 1. The van der Waals surface area contributed by atoms with Crippen molar-refractivity contribution >= 4 is 5.97 Å². The van der Waals surface area contributed by atoms with Crippen LogP contribution in [0.4, 0.5) is 13.2 Å². The Hall–Kier alpha value is -1.65. The zero-order valence-corrected chi connectivity index (χ0v) is 13.8. The largest absolute Gasteiger partial charge is 0.490 e. The van der Waals surface area contributed by atoms with Crippen molar-refractivity contribution < 1.29 is 32.9 Å². The highest BCUT2D eigenvalue weighted by molar-refractivity contribution is 5.73. The number of halogens is 3. The Kier molecular flexibility index (Phi) is 6.42. The van der Waals surface area contributed by atoms with Gasteiger partial charge in [0.2, 0.25) is 0 Å². The zero-order chi connectivity index (χ0) is 18.6. The van der Waals surface area contributed by atoms with Crippen LogP contribution >= 0.6 is 0 Å². The summed E-state index contributed by atoms with van der Waals surface area (Å²) in [4.78, 5) is 11.4. The van der Waals surface area contributed by atoms with Crippen molar-refractivity contribution in [2.24, 2.45) is 13.0 Å². The monoisotopic (exact) mass is 365 g/mol. The third-order valence-corrected chi connectivity index (χ3v) is 4.46. The van der Waals surface area contributed by atoms with Crippen molar-refractivity contribution in [3.63, 3.8) is 0 Å². The van der Waals surface area contributed by atoms with Crippen LogP contribution in [0.5, 0.6) is 0 Å². The maximum absolute atomic E-state index is 10.6. The van der Waals surface area contributed by atoms with Crippen molar-refractivity contribution in [1.29, 1.82) is 0 Å². The number of carboxylic acid groups (broad SMARTS) is 1. The van der Waals surface area contributed by atoms with E-state index in [-0.39, 0.29) is 12.7 Å². The Morgan fingerprint density at radius 3 is 2.64 bits per heavy atom. The fourth-order valence-corrected chi connectivity index (χ4v) is 3.32. The number of alkyl halides is 3. The first-order valence-corrected chi connectivity index (χ1v) is 7.96. The first-order valence-electron chi connectivity index (χ1n) is 7.96. The van der Waals surface area contributed by atoms with E-state index < -0.39 is 12.1 Å². The molecule has 2 N–H and O–H groups in total. The fraction of sp³-hybridized carbons (Fsp3) is 0.733. The molecular weight excluding hydrogens is 343 g/mol. The second kappa shape index (κ2) is 8.15. The van der Waals surface area contributed by atoms with Crippen LogP contribution < -0.4 is 0 Å². The smallest absolute Gasteiger partial charge is 0.475 e. The number of aliphatic carboxylic acids is 1. The molecule has 0 bridgehead atoms. The third-order valence-electron chi connectivity index (χ3n) is 4.46. The molecule has 0 aromatic carbocycles. The second-order valence-electron chi connectivity index (χ2n) is 6.22. The lowest BCUT2D eigenvalue weighted by molar-refractivity contribution is -0.192. The minimum atomic E-state index is -5.08. The third kappa shape index (κ3) is 5.16. The van der Waals surface area contributed by atoms with E-state index in [4.69, 9.17) is 14.6 Å². The predicted molar refractivity (Wildman–Crippen MR) is 80.6 cm³/mol. The number of carboxylic acids is 1. The van der Waals surface area contributed by atoms with E-state index in [0.717, 1.165) is 32.5 Å². The van der Waals surface area contributed by atoms with Gasteiger partial charge in [0.25, 0.3) is 0 Å². The van der Waals surface area contributed by atoms with Gasteiger partial charge in [0.15, 0.2) is 0 Å². The lowest BCUT2D eigenvalue weighted by Crippen LogP contribution is -2.50. The summed E-state index contributed by atoms with van der Waals surface area (Å²) in [5.74, 6) is -2.43. The molecule has 3 unspecified atom stereocenters. The van der Waals surface area contributed by atoms with Gasteiger partial charge in [-0.05, 0) is 12.8 Å². The Balaban J connectivity index is 0.000000277. The molecule has 25 heavy (non-hydrogen) atoms. The van der Waals surface area contributed by atoms with Gasteiger partial charge < -0.3 is 14.9 Å². The maximum atomic E-state index is 10.6. The van der Waals surface area contributed by atoms with E-state index in [1.165, 1.54) is 5.56 Å². The summed E-state index contributed by atoms with van der Waals surface area (Å²) in [6, 6.07) is 0.469. The molecule has 1 aliphatic heterocycles. The number of hydrogen-bond acceptors (Lipinski definition) is 5. The highest BCUT2D eigenvalue weighted by Gasteiger charge is 2.42. The van der Waals surface area contributed by atoms with Crippen LogP contribution in [-0.4, -0.2) is 68.9 Å². The van der Waals surface area contributed by atoms with Gasteiger partial charge in [-0.1, -0.05) is 0 Å². The van der Waals surface area contributed by atoms with Crippen LogP contribution in [0.1, 0.15) is 18.4 Å². The molecule has 3 atom stereocenters. The molecular formula is C15H22F3N3O4. The number of hydrogen-bond donors (Lipinski definition) is 2. The SMILES string of the molecule is Cn1cc(CN2CCOC3C(CO)CCC32)cn1.O=C(O)C(F)(F)F. The number of aliphatic hydroxyl groups excluding tert-OH is 1. The van der Waals surface area contributed by atoms with Crippen LogP contribution in [0.2, 0.25) is 0 Å². The lowest BCUT2D eigenvalue weighted by Gasteiger charge is -2.38. The van der Waals surface area contributed by atoms with E-state index >= 15 is 0 Å². The second-order valence-corrected chi connectivity index (χ2v) is 6.22. The molecule has 3 rings (SSSR count). The molecule has 0 spiro atoms. The molecule has 1 aliphatic carbocycles. The van der Waals surface area contributed by atoms with Gasteiger partial charge >= 0.3 is 12.1 Å².